The molecular weight excluding hydrogens is 307 g/mol. The number of primary amides is 1. The average Bonchev–Trinajstić information content (AvgIpc) is 2.38. The Morgan fingerprint density at radius 2 is 1.81 bits per heavy atom. The number of hydrogen-bond acceptors (Lipinski definition) is 2. The molecule has 0 atom stereocenters. The van der Waals surface area contributed by atoms with Gasteiger partial charge in [0.2, 0.25) is 0 Å². The van der Waals surface area contributed by atoms with Gasteiger partial charge in [-0.05, 0) is 18.2 Å². The minimum absolute atomic E-state index is 0.130. The average molecular weight is 316 g/mol. The first-order chi connectivity index (χ1) is 9.71. The maximum absolute atomic E-state index is 12.6. The van der Waals surface area contributed by atoms with Gasteiger partial charge in [-0.3, -0.25) is 4.79 Å². The molecule has 0 bridgehead atoms. The predicted octanol–water partition coefficient (Wildman–Crippen LogP) is 3.83. The molecule has 21 heavy (non-hydrogen) atoms. The van der Waals surface area contributed by atoms with Crippen molar-refractivity contribution in [3.05, 3.63) is 52.5 Å². The largest absolute Gasteiger partial charge is 0.506 e. The van der Waals surface area contributed by atoms with E-state index in [9.17, 15) is 23.1 Å². The van der Waals surface area contributed by atoms with Crippen LogP contribution in [-0.4, -0.2) is 11.0 Å². The van der Waals surface area contributed by atoms with Crippen LogP contribution in [0.1, 0.15) is 15.9 Å². The number of amides is 1. The summed E-state index contributed by atoms with van der Waals surface area (Å²) in [6.07, 6.45) is -4.51. The smallest absolute Gasteiger partial charge is 0.416 e. The van der Waals surface area contributed by atoms with Crippen LogP contribution in [0.25, 0.3) is 11.1 Å². The number of phenols is 1. The van der Waals surface area contributed by atoms with E-state index < -0.39 is 23.4 Å². The molecule has 3 N–H and O–H groups in total. The van der Waals surface area contributed by atoms with Crippen LogP contribution in [0, 0.1) is 0 Å². The van der Waals surface area contributed by atoms with E-state index in [0.717, 1.165) is 18.2 Å². The molecule has 0 spiro atoms. The van der Waals surface area contributed by atoms with Crippen molar-refractivity contribution in [2.45, 2.75) is 6.18 Å². The summed E-state index contributed by atoms with van der Waals surface area (Å²) >= 11 is 5.85. The number of carbonyl (C=O) groups is 1. The molecule has 2 aromatic carbocycles. The summed E-state index contributed by atoms with van der Waals surface area (Å²) in [6, 6.07) is 6.91. The standard InChI is InChI=1S/C14H9ClF3NO2/c15-11-6-7(14(16,17)18)4-5-8(11)9-2-1-3-10(12(9)20)13(19)21/h1-6,20H,(H2,19,21). The number of benzene rings is 2. The second-order valence-electron chi connectivity index (χ2n) is 4.26. The zero-order valence-corrected chi connectivity index (χ0v) is 11.2. The molecule has 0 fully saturated rings. The molecular formula is C14H9ClF3NO2. The van der Waals surface area contributed by atoms with E-state index in [1.807, 2.05) is 0 Å². The van der Waals surface area contributed by atoms with Crippen LogP contribution in [0.4, 0.5) is 13.2 Å². The molecule has 2 rings (SSSR count). The maximum Gasteiger partial charge on any atom is 0.416 e. The van der Waals surface area contributed by atoms with Gasteiger partial charge in [0.05, 0.1) is 11.1 Å². The van der Waals surface area contributed by atoms with Crippen LogP contribution in [0.3, 0.4) is 0 Å². The van der Waals surface area contributed by atoms with Crippen LogP contribution in [-0.2, 0) is 6.18 Å². The van der Waals surface area contributed by atoms with Gasteiger partial charge in [0.1, 0.15) is 5.75 Å². The van der Waals surface area contributed by atoms with Crippen molar-refractivity contribution in [3.8, 4) is 16.9 Å². The van der Waals surface area contributed by atoms with E-state index in [0.29, 0.717) is 0 Å². The lowest BCUT2D eigenvalue weighted by Gasteiger charge is -2.12. The minimum atomic E-state index is -4.51. The van der Waals surface area contributed by atoms with Crippen LogP contribution < -0.4 is 5.73 Å². The molecule has 2 aromatic rings. The third kappa shape index (κ3) is 2.95. The summed E-state index contributed by atoms with van der Waals surface area (Å²) in [5, 5.41) is 9.79. The number of nitrogens with two attached hydrogens (primary N) is 1. The van der Waals surface area contributed by atoms with Gasteiger partial charge in [0.15, 0.2) is 0 Å². The van der Waals surface area contributed by atoms with Gasteiger partial charge < -0.3 is 10.8 Å². The van der Waals surface area contributed by atoms with E-state index >= 15 is 0 Å². The number of halogens is 4. The van der Waals surface area contributed by atoms with Gasteiger partial charge in [-0.15, -0.1) is 0 Å². The zero-order chi connectivity index (χ0) is 15.8. The molecule has 0 saturated heterocycles. The third-order valence-electron chi connectivity index (χ3n) is 2.89. The van der Waals surface area contributed by atoms with Crippen molar-refractivity contribution in [3.63, 3.8) is 0 Å². The fourth-order valence-electron chi connectivity index (χ4n) is 1.87. The maximum atomic E-state index is 12.6. The van der Waals surface area contributed by atoms with Gasteiger partial charge in [-0.2, -0.15) is 13.2 Å². The van der Waals surface area contributed by atoms with Gasteiger partial charge >= 0.3 is 6.18 Å². The van der Waals surface area contributed by atoms with Crippen molar-refractivity contribution < 1.29 is 23.1 Å². The highest BCUT2D eigenvalue weighted by molar-refractivity contribution is 6.33. The monoisotopic (exact) mass is 315 g/mol. The Balaban J connectivity index is 2.58. The molecule has 0 aliphatic heterocycles. The second kappa shape index (κ2) is 5.29. The first-order valence-corrected chi connectivity index (χ1v) is 6.08. The summed E-state index contributed by atoms with van der Waals surface area (Å²) < 4.78 is 37.7. The van der Waals surface area contributed by atoms with Crippen LogP contribution in [0.2, 0.25) is 5.02 Å². The summed E-state index contributed by atoms with van der Waals surface area (Å²) in [5.41, 5.74) is 4.36. The fourth-order valence-corrected chi connectivity index (χ4v) is 2.15. The van der Waals surface area contributed by atoms with Gasteiger partial charge in [-0.25, -0.2) is 0 Å². The molecule has 0 aliphatic carbocycles. The molecule has 1 amide bonds. The van der Waals surface area contributed by atoms with E-state index in [4.69, 9.17) is 17.3 Å². The summed E-state index contributed by atoms with van der Waals surface area (Å²) in [4.78, 5) is 11.2. The summed E-state index contributed by atoms with van der Waals surface area (Å²) in [5.74, 6) is -1.27. The number of rotatable bonds is 2. The lowest BCUT2D eigenvalue weighted by atomic mass is 9.99. The zero-order valence-electron chi connectivity index (χ0n) is 10.4. The number of carbonyl (C=O) groups excluding carboxylic acids is 1. The van der Waals surface area contributed by atoms with Gasteiger partial charge in [0.25, 0.3) is 5.91 Å². The van der Waals surface area contributed by atoms with Crippen molar-refractivity contribution >= 4 is 17.5 Å². The van der Waals surface area contributed by atoms with E-state index in [1.165, 1.54) is 18.2 Å². The summed E-state index contributed by atoms with van der Waals surface area (Å²) in [7, 11) is 0. The topological polar surface area (TPSA) is 63.3 Å². The highest BCUT2D eigenvalue weighted by Gasteiger charge is 2.31. The Labute approximate surface area is 122 Å². The first-order valence-electron chi connectivity index (χ1n) is 5.70. The Morgan fingerprint density at radius 3 is 2.33 bits per heavy atom. The minimum Gasteiger partial charge on any atom is -0.506 e. The van der Waals surface area contributed by atoms with Crippen LogP contribution in [0.15, 0.2) is 36.4 Å². The van der Waals surface area contributed by atoms with Crippen molar-refractivity contribution in [2.24, 2.45) is 5.73 Å². The van der Waals surface area contributed by atoms with Crippen molar-refractivity contribution in [1.82, 2.24) is 0 Å². The Hall–Kier alpha value is -2.21. The van der Waals surface area contributed by atoms with E-state index in [-0.39, 0.29) is 21.7 Å². The van der Waals surface area contributed by atoms with Crippen LogP contribution in [0.5, 0.6) is 5.75 Å². The number of alkyl halides is 3. The highest BCUT2D eigenvalue weighted by Crippen LogP contribution is 2.39. The van der Waals surface area contributed by atoms with Crippen molar-refractivity contribution in [2.75, 3.05) is 0 Å². The molecule has 0 aromatic heterocycles. The highest BCUT2D eigenvalue weighted by atomic mass is 35.5. The Morgan fingerprint density at radius 1 is 1.14 bits per heavy atom. The molecule has 0 aliphatic rings. The lowest BCUT2D eigenvalue weighted by molar-refractivity contribution is -0.137. The molecule has 7 heteroatoms. The van der Waals surface area contributed by atoms with Crippen LogP contribution >= 0.6 is 11.6 Å². The number of para-hydroxylation sites is 1. The number of hydrogen-bond donors (Lipinski definition) is 2. The quantitative estimate of drug-likeness (QED) is 0.884. The predicted molar refractivity (Wildman–Crippen MR) is 72.1 cm³/mol. The summed E-state index contributed by atoms with van der Waals surface area (Å²) in [6.45, 7) is 0. The molecule has 3 nitrogen and oxygen atoms in total. The molecule has 110 valence electrons. The molecule has 0 radical (unpaired) electrons. The van der Waals surface area contributed by atoms with Gasteiger partial charge in [-0.1, -0.05) is 29.8 Å². The Bertz CT molecular complexity index is 714. The third-order valence-corrected chi connectivity index (χ3v) is 3.20. The molecule has 0 unspecified atom stereocenters. The lowest BCUT2D eigenvalue weighted by Crippen LogP contribution is -2.11. The van der Waals surface area contributed by atoms with Gasteiger partial charge in [0, 0.05) is 16.1 Å². The normalized spacial score (nSPS) is 11.4. The Kier molecular flexibility index (Phi) is 3.82. The van der Waals surface area contributed by atoms with E-state index in [2.05, 4.69) is 0 Å². The number of aromatic hydroxyl groups is 1. The van der Waals surface area contributed by atoms with E-state index in [1.54, 1.807) is 0 Å². The second-order valence-corrected chi connectivity index (χ2v) is 4.67. The molecule has 0 saturated carbocycles. The molecule has 0 heterocycles. The first kappa shape index (κ1) is 15.2. The van der Waals surface area contributed by atoms with Crippen molar-refractivity contribution in [1.29, 1.82) is 0 Å². The SMILES string of the molecule is NC(=O)c1cccc(-c2ccc(C(F)(F)F)cc2Cl)c1O. The fraction of sp³-hybridized carbons (Fsp3) is 0.0714.